The lowest BCUT2D eigenvalue weighted by Gasteiger charge is -2.08. The molecule has 0 aromatic heterocycles. The third-order valence-corrected chi connectivity index (χ3v) is 3.58. The van der Waals surface area contributed by atoms with E-state index in [2.05, 4.69) is 10.9 Å². The van der Waals surface area contributed by atoms with Gasteiger partial charge in [-0.15, -0.1) is 0 Å². The van der Waals surface area contributed by atoms with Crippen LogP contribution in [0.1, 0.15) is 20.7 Å². The van der Waals surface area contributed by atoms with Crippen molar-refractivity contribution in [3.8, 4) is 0 Å². The molecule has 2 rings (SSSR count). The second-order valence-corrected chi connectivity index (χ2v) is 5.67. The Morgan fingerprint density at radius 2 is 1.60 bits per heavy atom. The van der Waals surface area contributed by atoms with Gasteiger partial charge in [0.1, 0.15) is 0 Å². The molecule has 0 saturated carbocycles. The zero-order chi connectivity index (χ0) is 18.4. The summed E-state index contributed by atoms with van der Waals surface area (Å²) >= 11 is 11.5. The first-order valence-electron chi connectivity index (χ1n) is 6.93. The number of carbonyl (C=O) groups excluding carboxylic acids is 3. The monoisotopic (exact) mass is 381 g/mol. The number of anilines is 1. The zero-order valence-electron chi connectivity index (χ0n) is 12.7. The van der Waals surface area contributed by atoms with Gasteiger partial charge in [0.05, 0.1) is 16.3 Å². The number of benzene rings is 2. The third-order valence-electron chi connectivity index (χ3n) is 2.99. The molecule has 0 aliphatic carbocycles. The Balaban J connectivity index is 1.80. The van der Waals surface area contributed by atoms with E-state index in [1.54, 1.807) is 0 Å². The molecule has 0 fully saturated rings. The number of carbonyl (C=O) groups is 3. The van der Waals surface area contributed by atoms with Crippen molar-refractivity contribution in [3.05, 3.63) is 63.6 Å². The van der Waals surface area contributed by atoms with E-state index in [1.807, 2.05) is 0 Å². The van der Waals surface area contributed by atoms with E-state index < -0.39 is 24.4 Å². The van der Waals surface area contributed by atoms with E-state index in [0.29, 0.717) is 15.6 Å². The van der Waals surface area contributed by atoms with Crippen molar-refractivity contribution < 1.29 is 19.1 Å². The number of ether oxygens (including phenoxy) is 1. The number of hydrazine groups is 1. The van der Waals surface area contributed by atoms with E-state index in [1.165, 1.54) is 42.5 Å². The standard InChI is InChI=1S/C16H13Cl2N3O4/c17-11-4-1-9(2-5-11)15(23)21-20-14(22)8-25-16(24)10-3-6-12(18)13(19)7-10/h1-7H,8,19H2,(H,20,22)(H,21,23). The van der Waals surface area contributed by atoms with Crippen molar-refractivity contribution in [3.63, 3.8) is 0 Å². The van der Waals surface area contributed by atoms with Crippen LogP contribution in [0.5, 0.6) is 0 Å². The lowest BCUT2D eigenvalue weighted by Crippen LogP contribution is -2.43. The van der Waals surface area contributed by atoms with E-state index in [0.717, 1.165) is 0 Å². The van der Waals surface area contributed by atoms with Gasteiger partial charge in [0.15, 0.2) is 6.61 Å². The summed E-state index contributed by atoms with van der Waals surface area (Å²) < 4.78 is 4.82. The number of nitrogens with one attached hydrogen (secondary N) is 2. The Hall–Kier alpha value is -2.77. The fourth-order valence-corrected chi connectivity index (χ4v) is 1.96. The number of nitrogen functional groups attached to an aromatic ring is 1. The molecule has 0 spiro atoms. The fraction of sp³-hybridized carbons (Fsp3) is 0.0625. The smallest absolute Gasteiger partial charge is 0.338 e. The quantitative estimate of drug-likeness (QED) is 0.427. The molecule has 2 aromatic rings. The van der Waals surface area contributed by atoms with Crippen molar-refractivity contribution in [1.29, 1.82) is 0 Å². The van der Waals surface area contributed by atoms with Gasteiger partial charge in [-0.05, 0) is 42.5 Å². The van der Waals surface area contributed by atoms with Gasteiger partial charge in [-0.2, -0.15) is 0 Å². The molecule has 0 atom stereocenters. The number of halogens is 2. The minimum atomic E-state index is -0.748. The maximum absolute atomic E-state index is 11.8. The van der Waals surface area contributed by atoms with Crippen LogP contribution in [-0.2, 0) is 9.53 Å². The molecule has 25 heavy (non-hydrogen) atoms. The summed E-state index contributed by atoms with van der Waals surface area (Å²) in [5, 5.41) is 0.787. The summed E-state index contributed by atoms with van der Waals surface area (Å²) in [5.74, 6) is -2.00. The molecule has 0 radical (unpaired) electrons. The van der Waals surface area contributed by atoms with Crippen molar-refractivity contribution in [2.24, 2.45) is 0 Å². The molecule has 0 unspecified atom stereocenters. The predicted octanol–water partition coefficient (Wildman–Crippen LogP) is 2.19. The Labute approximate surface area is 153 Å². The maximum atomic E-state index is 11.8. The van der Waals surface area contributed by atoms with Gasteiger partial charge in [-0.25, -0.2) is 4.79 Å². The minimum Gasteiger partial charge on any atom is -0.452 e. The van der Waals surface area contributed by atoms with E-state index >= 15 is 0 Å². The van der Waals surface area contributed by atoms with Crippen molar-refractivity contribution in [1.82, 2.24) is 10.9 Å². The topological polar surface area (TPSA) is 111 Å². The van der Waals surface area contributed by atoms with Gasteiger partial charge in [-0.3, -0.25) is 20.4 Å². The number of hydrogen-bond acceptors (Lipinski definition) is 5. The molecule has 2 aromatic carbocycles. The van der Waals surface area contributed by atoms with Gasteiger partial charge >= 0.3 is 5.97 Å². The number of rotatable bonds is 4. The van der Waals surface area contributed by atoms with Crippen LogP contribution in [0.25, 0.3) is 0 Å². The molecule has 130 valence electrons. The average molecular weight is 382 g/mol. The number of nitrogens with two attached hydrogens (primary N) is 1. The summed E-state index contributed by atoms with van der Waals surface area (Å²) in [5.41, 5.74) is 10.6. The van der Waals surface area contributed by atoms with E-state index in [9.17, 15) is 14.4 Å². The maximum Gasteiger partial charge on any atom is 0.338 e. The summed E-state index contributed by atoms with van der Waals surface area (Å²) in [6.07, 6.45) is 0. The first-order chi connectivity index (χ1) is 11.9. The van der Waals surface area contributed by atoms with E-state index in [-0.39, 0.29) is 11.3 Å². The molecule has 0 saturated heterocycles. The average Bonchev–Trinajstić information content (AvgIpc) is 2.60. The van der Waals surface area contributed by atoms with E-state index in [4.69, 9.17) is 33.7 Å². The molecular formula is C16H13Cl2N3O4. The normalized spacial score (nSPS) is 10.0. The molecule has 0 bridgehead atoms. The Morgan fingerprint density at radius 1 is 0.960 bits per heavy atom. The van der Waals surface area contributed by atoms with Crippen molar-refractivity contribution >= 4 is 46.7 Å². The number of hydrogen-bond donors (Lipinski definition) is 3. The fourth-order valence-electron chi connectivity index (χ4n) is 1.72. The molecule has 2 amide bonds. The molecule has 0 aliphatic heterocycles. The summed E-state index contributed by atoms with van der Waals surface area (Å²) in [4.78, 5) is 35.2. The highest BCUT2D eigenvalue weighted by atomic mass is 35.5. The van der Waals surface area contributed by atoms with Gasteiger partial charge < -0.3 is 10.5 Å². The molecule has 0 aliphatic rings. The Bertz CT molecular complexity index is 810. The lowest BCUT2D eigenvalue weighted by molar-refractivity contribution is -0.125. The van der Waals surface area contributed by atoms with Crippen LogP contribution in [0, 0.1) is 0 Å². The third kappa shape index (κ3) is 5.37. The molecule has 7 nitrogen and oxygen atoms in total. The van der Waals surface area contributed by atoms with Crippen LogP contribution >= 0.6 is 23.2 Å². The van der Waals surface area contributed by atoms with Gasteiger partial charge in [-0.1, -0.05) is 23.2 Å². The van der Waals surface area contributed by atoms with Crippen LogP contribution in [0.15, 0.2) is 42.5 Å². The van der Waals surface area contributed by atoms with Gasteiger partial charge in [0.25, 0.3) is 11.8 Å². The Morgan fingerprint density at radius 3 is 2.24 bits per heavy atom. The van der Waals surface area contributed by atoms with Crippen molar-refractivity contribution in [2.75, 3.05) is 12.3 Å². The summed E-state index contributed by atoms with van der Waals surface area (Å²) in [6.45, 7) is -0.581. The zero-order valence-corrected chi connectivity index (χ0v) is 14.2. The summed E-state index contributed by atoms with van der Waals surface area (Å²) in [6, 6.07) is 10.3. The second-order valence-electron chi connectivity index (χ2n) is 4.82. The van der Waals surface area contributed by atoms with Crippen LogP contribution in [0.3, 0.4) is 0 Å². The lowest BCUT2D eigenvalue weighted by atomic mass is 10.2. The largest absolute Gasteiger partial charge is 0.452 e. The highest BCUT2D eigenvalue weighted by Crippen LogP contribution is 2.19. The second kappa shape index (κ2) is 8.36. The number of amides is 2. The SMILES string of the molecule is Nc1cc(C(=O)OCC(=O)NNC(=O)c2ccc(Cl)cc2)ccc1Cl. The van der Waals surface area contributed by atoms with Crippen LogP contribution in [0.4, 0.5) is 5.69 Å². The van der Waals surface area contributed by atoms with Crippen LogP contribution in [-0.4, -0.2) is 24.4 Å². The van der Waals surface area contributed by atoms with Gasteiger partial charge in [0, 0.05) is 10.6 Å². The molecule has 4 N–H and O–H groups in total. The first kappa shape index (κ1) is 18.6. The summed E-state index contributed by atoms with van der Waals surface area (Å²) in [7, 11) is 0. The van der Waals surface area contributed by atoms with Gasteiger partial charge in [0.2, 0.25) is 0 Å². The highest BCUT2D eigenvalue weighted by Gasteiger charge is 2.12. The molecule has 0 heterocycles. The Kier molecular flexibility index (Phi) is 6.21. The van der Waals surface area contributed by atoms with Crippen LogP contribution in [0.2, 0.25) is 10.0 Å². The first-order valence-corrected chi connectivity index (χ1v) is 7.69. The molecular weight excluding hydrogens is 369 g/mol. The highest BCUT2D eigenvalue weighted by molar-refractivity contribution is 6.33. The minimum absolute atomic E-state index is 0.153. The molecule has 9 heteroatoms. The van der Waals surface area contributed by atoms with Crippen molar-refractivity contribution in [2.45, 2.75) is 0 Å². The van der Waals surface area contributed by atoms with Crippen LogP contribution < -0.4 is 16.6 Å². The number of esters is 1. The predicted molar refractivity (Wildman–Crippen MR) is 93.2 cm³/mol.